The van der Waals surface area contributed by atoms with Crippen molar-refractivity contribution in [2.45, 2.75) is 25.1 Å². The van der Waals surface area contributed by atoms with E-state index in [2.05, 4.69) is 45.9 Å². The Morgan fingerprint density at radius 1 is 1.03 bits per heavy atom. The van der Waals surface area contributed by atoms with Crippen molar-refractivity contribution in [3.05, 3.63) is 88.7 Å². The summed E-state index contributed by atoms with van der Waals surface area (Å²) >= 11 is 0. The maximum atomic E-state index is 14.0. The van der Waals surface area contributed by atoms with Crippen LogP contribution in [-0.4, -0.2) is 46.8 Å². The van der Waals surface area contributed by atoms with Gasteiger partial charge in [-0.1, -0.05) is 30.3 Å². The first-order valence-electron chi connectivity index (χ1n) is 12.5. The molecule has 36 heavy (non-hydrogen) atoms. The third-order valence-corrected chi connectivity index (χ3v) is 7.68. The number of hydrogen-bond acceptors (Lipinski definition) is 5. The van der Waals surface area contributed by atoms with Crippen molar-refractivity contribution in [1.82, 2.24) is 14.5 Å². The number of fused-ring (bicyclic) bond motifs is 4. The molecule has 2 saturated heterocycles. The molecule has 0 amide bonds. The fourth-order valence-electron chi connectivity index (χ4n) is 5.97. The molecule has 3 aliphatic rings. The van der Waals surface area contributed by atoms with Crippen LogP contribution in [0.3, 0.4) is 0 Å². The summed E-state index contributed by atoms with van der Waals surface area (Å²) in [5.74, 6) is 0.791. The number of nitrogen functional groups attached to an aromatic ring is 1. The van der Waals surface area contributed by atoms with E-state index in [0.29, 0.717) is 30.4 Å². The van der Waals surface area contributed by atoms with Crippen molar-refractivity contribution in [2.24, 2.45) is 0 Å². The van der Waals surface area contributed by atoms with Crippen molar-refractivity contribution in [3.63, 3.8) is 0 Å². The fourth-order valence-corrected chi connectivity index (χ4v) is 5.97. The third-order valence-electron chi connectivity index (χ3n) is 7.68. The molecule has 0 bridgehead atoms. The Hall–Kier alpha value is -3.68. The van der Waals surface area contributed by atoms with Gasteiger partial charge in [0.1, 0.15) is 18.2 Å². The molecule has 182 valence electrons. The minimum absolute atomic E-state index is 0.290. The highest BCUT2D eigenvalue weighted by Gasteiger charge is 2.36. The molecule has 3 aliphatic heterocycles. The van der Waals surface area contributed by atoms with E-state index in [0.717, 1.165) is 71.6 Å². The van der Waals surface area contributed by atoms with E-state index in [1.165, 1.54) is 12.1 Å². The van der Waals surface area contributed by atoms with Gasteiger partial charge in [-0.05, 0) is 59.0 Å². The highest BCUT2D eigenvalue weighted by Crippen LogP contribution is 2.39. The summed E-state index contributed by atoms with van der Waals surface area (Å²) < 4.78 is 27.9. The lowest BCUT2D eigenvalue weighted by atomic mass is 9.92. The SMILES string of the molecule is Nc1nc2cc(/C=C3\c4ccccc4COc4cc(F)ccc43)ccc2n1[C@@H]1C[C@@H]2COCCN2C1. The molecule has 0 spiro atoms. The molecule has 7 heteroatoms. The number of ether oxygens (including phenoxy) is 2. The maximum absolute atomic E-state index is 14.0. The number of halogens is 1. The number of benzene rings is 3. The van der Waals surface area contributed by atoms with E-state index in [9.17, 15) is 4.39 Å². The minimum atomic E-state index is -0.309. The average Bonchev–Trinajstić information content (AvgIpc) is 3.41. The molecular weight excluding hydrogens is 455 g/mol. The van der Waals surface area contributed by atoms with E-state index in [-0.39, 0.29) is 5.82 Å². The minimum Gasteiger partial charge on any atom is -0.488 e. The van der Waals surface area contributed by atoms with E-state index >= 15 is 0 Å². The highest BCUT2D eigenvalue weighted by atomic mass is 19.1. The summed E-state index contributed by atoms with van der Waals surface area (Å²) in [4.78, 5) is 7.24. The van der Waals surface area contributed by atoms with Crippen LogP contribution < -0.4 is 10.5 Å². The quantitative estimate of drug-likeness (QED) is 0.441. The second-order valence-electron chi connectivity index (χ2n) is 9.85. The summed E-state index contributed by atoms with van der Waals surface area (Å²) in [5.41, 5.74) is 13.4. The number of morpholine rings is 1. The van der Waals surface area contributed by atoms with Crippen molar-refractivity contribution >= 4 is 28.6 Å². The molecule has 2 atom stereocenters. The molecular formula is C29H27FN4O2. The Kier molecular flexibility index (Phi) is 5.08. The normalized spacial score (nSPS) is 22.6. The Bertz CT molecular complexity index is 1500. The second-order valence-corrected chi connectivity index (χ2v) is 9.85. The zero-order valence-electron chi connectivity index (χ0n) is 19.9. The molecule has 0 saturated carbocycles. The van der Waals surface area contributed by atoms with Gasteiger partial charge >= 0.3 is 0 Å². The standard InChI is InChI=1S/C29H27FN4O2/c30-20-6-7-24-25(23-4-2-1-3-19(23)16-36-28(24)13-20)11-18-5-8-27-26(12-18)32-29(31)34(27)21-14-22-17-35-10-9-33(22)15-21/h1-8,11-13,21-22H,9-10,14-17H2,(H2,31,32)/b25-11+/t21-,22-/m1/s1. The van der Waals surface area contributed by atoms with Crippen molar-refractivity contribution in [3.8, 4) is 5.75 Å². The Morgan fingerprint density at radius 3 is 2.86 bits per heavy atom. The van der Waals surface area contributed by atoms with E-state index in [1.807, 2.05) is 12.1 Å². The van der Waals surface area contributed by atoms with Crippen LogP contribution in [0.2, 0.25) is 0 Å². The number of aromatic nitrogens is 2. The Morgan fingerprint density at radius 2 is 1.94 bits per heavy atom. The summed E-state index contributed by atoms with van der Waals surface area (Å²) in [7, 11) is 0. The van der Waals surface area contributed by atoms with E-state index in [4.69, 9.17) is 20.2 Å². The van der Waals surface area contributed by atoms with E-state index < -0.39 is 0 Å². The van der Waals surface area contributed by atoms with Crippen LogP contribution in [0.4, 0.5) is 10.3 Å². The largest absolute Gasteiger partial charge is 0.488 e. The van der Waals surface area contributed by atoms with Gasteiger partial charge in [0, 0.05) is 30.8 Å². The summed E-state index contributed by atoms with van der Waals surface area (Å²) in [6.07, 6.45) is 3.15. The van der Waals surface area contributed by atoms with Gasteiger partial charge < -0.3 is 19.8 Å². The topological polar surface area (TPSA) is 65.5 Å². The molecule has 6 nitrogen and oxygen atoms in total. The lowest BCUT2D eigenvalue weighted by molar-refractivity contribution is 0.0128. The smallest absolute Gasteiger partial charge is 0.201 e. The second kappa shape index (κ2) is 8.47. The van der Waals surface area contributed by atoms with Crippen LogP contribution in [-0.2, 0) is 11.3 Å². The average molecular weight is 483 g/mol. The molecule has 0 aliphatic carbocycles. The predicted octanol–water partition coefficient (Wildman–Crippen LogP) is 4.88. The third kappa shape index (κ3) is 3.58. The lowest BCUT2D eigenvalue weighted by Crippen LogP contribution is -2.40. The summed E-state index contributed by atoms with van der Waals surface area (Å²) in [6.45, 7) is 3.93. The van der Waals surface area contributed by atoms with Crippen LogP contribution in [0.25, 0.3) is 22.7 Å². The monoisotopic (exact) mass is 482 g/mol. The van der Waals surface area contributed by atoms with Crippen LogP contribution in [0, 0.1) is 5.82 Å². The molecule has 4 heterocycles. The van der Waals surface area contributed by atoms with Crippen molar-refractivity contribution in [2.75, 3.05) is 32.0 Å². The van der Waals surface area contributed by atoms with E-state index in [1.54, 1.807) is 6.07 Å². The first-order chi connectivity index (χ1) is 17.6. The molecule has 4 aromatic rings. The molecule has 1 aromatic heterocycles. The van der Waals surface area contributed by atoms with Crippen LogP contribution >= 0.6 is 0 Å². The zero-order valence-corrected chi connectivity index (χ0v) is 19.9. The predicted molar refractivity (Wildman–Crippen MR) is 138 cm³/mol. The summed E-state index contributed by atoms with van der Waals surface area (Å²) in [6, 6.07) is 19.9. The molecule has 0 unspecified atom stereocenters. The van der Waals surface area contributed by atoms with Crippen LogP contribution in [0.1, 0.15) is 34.7 Å². The van der Waals surface area contributed by atoms with Gasteiger partial charge in [-0.3, -0.25) is 4.90 Å². The molecule has 0 radical (unpaired) electrons. The van der Waals surface area contributed by atoms with Gasteiger partial charge in [-0.25, -0.2) is 9.37 Å². The molecule has 7 rings (SSSR count). The van der Waals surface area contributed by atoms with Crippen LogP contribution in [0.5, 0.6) is 5.75 Å². The highest BCUT2D eigenvalue weighted by molar-refractivity contribution is 5.96. The number of rotatable bonds is 2. The zero-order chi connectivity index (χ0) is 24.2. The van der Waals surface area contributed by atoms with Gasteiger partial charge in [-0.15, -0.1) is 0 Å². The van der Waals surface area contributed by atoms with Gasteiger partial charge in [0.2, 0.25) is 5.95 Å². The molecule has 2 N–H and O–H groups in total. The number of imidazole rings is 1. The number of nitrogens with zero attached hydrogens (tertiary/aromatic N) is 3. The number of anilines is 1. The lowest BCUT2D eigenvalue weighted by Gasteiger charge is -2.28. The maximum Gasteiger partial charge on any atom is 0.201 e. The first kappa shape index (κ1) is 21.6. The first-order valence-corrected chi connectivity index (χ1v) is 12.5. The summed E-state index contributed by atoms with van der Waals surface area (Å²) in [5, 5.41) is 0. The van der Waals surface area contributed by atoms with Crippen molar-refractivity contribution < 1.29 is 13.9 Å². The van der Waals surface area contributed by atoms with Crippen LogP contribution in [0.15, 0.2) is 60.7 Å². The van der Waals surface area contributed by atoms with Crippen molar-refractivity contribution in [1.29, 1.82) is 0 Å². The molecule has 2 fully saturated rings. The fraction of sp³-hybridized carbons (Fsp3) is 0.276. The Balaban J connectivity index is 1.31. The molecule has 3 aromatic carbocycles. The van der Waals surface area contributed by atoms with Gasteiger partial charge in [0.05, 0.1) is 30.3 Å². The van der Waals surface area contributed by atoms with Gasteiger partial charge in [0.15, 0.2) is 0 Å². The number of nitrogens with two attached hydrogens (primary N) is 1. The Labute approximate surface area is 208 Å². The number of hydrogen-bond donors (Lipinski definition) is 1. The van der Waals surface area contributed by atoms with Gasteiger partial charge in [-0.2, -0.15) is 0 Å². The van der Waals surface area contributed by atoms with Gasteiger partial charge in [0.25, 0.3) is 0 Å².